The van der Waals surface area contributed by atoms with Gasteiger partial charge in [0.1, 0.15) is 11.6 Å². The zero-order valence-electron chi connectivity index (χ0n) is 10.3. The summed E-state index contributed by atoms with van der Waals surface area (Å²) in [5.41, 5.74) is 1.23. The molecule has 1 aliphatic carbocycles. The highest BCUT2D eigenvalue weighted by Crippen LogP contribution is 2.42. The fraction of sp³-hybridized carbons (Fsp3) is 0.667. The van der Waals surface area contributed by atoms with Gasteiger partial charge in [-0.25, -0.2) is 9.97 Å². The molecule has 0 bridgehead atoms. The Morgan fingerprint density at radius 2 is 2.18 bits per heavy atom. The van der Waals surface area contributed by atoms with Crippen LogP contribution in [0.4, 0.5) is 5.82 Å². The molecule has 0 amide bonds. The van der Waals surface area contributed by atoms with Gasteiger partial charge in [-0.2, -0.15) is 0 Å². The average Bonchev–Trinajstić information content (AvgIpc) is 3.15. The SMILES string of the molecule is CNc1nc(CCCOC)nc(C2CC2)c1I. The normalized spacial score (nSPS) is 15.0. The van der Waals surface area contributed by atoms with Crippen LogP contribution in [0.5, 0.6) is 0 Å². The van der Waals surface area contributed by atoms with Crippen LogP contribution >= 0.6 is 22.6 Å². The van der Waals surface area contributed by atoms with Crippen molar-refractivity contribution in [1.82, 2.24) is 9.97 Å². The third-order valence-corrected chi connectivity index (χ3v) is 3.94. The van der Waals surface area contributed by atoms with Crippen LogP contribution in [0.25, 0.3) is 0 Å². The second kappa shape index (κ2) is 5.95. The molecule has 2 rings (SSSR count). The lowest BCUT2D eigenvalue weighted by atomic mass is 10.2. The van der Waals surface area contributed by atoms with Crippen molar-refractivity contribution in [2.45, 2.75) is 31.6 Å². The monoisotopic (exact) mass is 347 g/mol. The fourth-order valence-corrected chi connectivity index (χ4v) is 2.74. The summed E-state index contributed by atoms with van der Waals surface area (Å²) < 4.78 is 6.24. The van der Waals surface area contributed by atoms with Crippen molar-refractivity contribution >= 4 is 28.4 Å². The molecule has 0 atom stereocenters. The number of aromatic nitrogens is 2. The predicted octanol–water partition coefficient (Wildman–Crippen LogP) is 2.58. The summed E-state index contributed by atoms with van der Waals surface area (Å²) in [4.78, 5) is 9.25. The highest BCUT2D eigenvalue weighted by Gasteiger charge is 2.29. The minimum atomic E-state index is 0.665. The number of aryl methyl sites for hydroxylation is 1. The standard InChI is InChI=1S/C12H18IN3O/c1-14-12-10(13)11(8-5-6-8)15-9(16-12)4-3-7-17-2/h8H,3-7H2,1-2H3,(H,14,15,16). The fourth-order valence-electron chi connectivity index (χ4n) is 1.79. The Morgan fingerprint density at radius 1 is 1.41 bits per heavy atom. The molecule has 0 saturated heterocycles. The van der Waals surface area contributed by atoms with E-state index in [1.54, 1.807) is 7.11 Å². The van der Waals surface area contributed by atoms with Gasteiger partial charge in [0.25, 0.3) is 0 Å². The van der Waals surface area contributed by atoms with Crippen molar-refractivity contribution in [2.24, 2.45) is 0 Å². The number of ether oxygens (including phenoxy) is 1. The van der Waals surface area contributed by atoms with E-state index < -0.39 is 0 Å². The van der Waals surface area contributed by atoms with E-state index in [4.69, 9.17) is 9.72 Å². The van der Waals surface area contributed by atoms with Crippen LogP contribution in [-0.4, -0.2) is 30.7 Å². The largest absolute Gasteiger partial charge is 0.385 e. The highest BCUT2D eigenvalue weighted by atomic mass is 127. The molecule has 0 unspecified atom stereocenters. The molecule has 1 N–H and O–H groups in total. The van der Waals surface area contributed by atoms with E-state index in [9.17, 15) is 0 Å². The molecule has 1 aliphatic rings. The third-order valence-electron chi connectivity index (χ3n) is 2.87. The van der Waals surface area contributed by atoms with Gasteiger partial charge < -0.3 is 10.1 Å². The van der Waals surface area contributed by atoms with Crippen LogP contribution in [0.1, 0.15) is 36.7 Å². The summed E-state index contributed by atoms with van der Waals surface area (Å²) >= 11 is 2.35. The highest BCUT2D eigenvalue weighted by molar-refractivity contribution is 14.1. The maximum atomic E-state index is 5.06. The van der Waals surface area contributed by atoms with E-state index in [0.29, 0.717) is 5.92 Å². The van der Waals surface area contributed by atoms with Crippen LogP contribution < -0.4 is 5.32 Å². The zero-order chi connectivity index (χ0) is 12.3. The maximum absolute atomic E-state index is 5.06. The topological polar surface area (TPSA) is 47.0 Å². The molecule has 0 aromatic carbocycles. The third kappa shape index (κ3) is 3.28. The Balaban J connectivity index is 2.17. The van der Waals surface area contributed by atoms with Gasteiger partial charge in [-0.05, 0) is 41.9 Å². The van der Waals surface area contributed by atoms with Gasteiger partial charge in [0, 0.05) is 33.1 Å². The number of hydrogen-bond donors (Lipinski definition) is 1. The molecule has 0 spiro atoms. The maximum Gasteiger partial charge on any atom is 0.143 e. The van der Waals surface area contributed by atoms with Crippen molar-refractivity contribution in [3.05, 3.63) is 15.1 Å². The lowest BCUT2D eigenvalue weighted by Crippen LogP contribution is -2.08. The number of rotatable bonds is 6. The van der Waals surface area contributed by atoms with Crippen molar-refractivity contribution in [1.29, 1.82) is 0 Å². The first-order valence-electron chi connectivity index (χ1n) is 5.99. The minimum absolute atomic E-state index is 0.665. The number of nitrogens with one attached hydrogen (secondary N) is 1. The second-order valence-corrected chi connectivity index (χ2v) is 5.39. The van der Waals surface area contributed by atoms with Gasteiger partial charge >= 0.3 is 0 Å². The lowest BCUT2D eigenvalue weighted by molar-refractivity contribution is 0.194. The summed E-state index contributed by atoms with van der Waals surface area (Å²) in [5, 5.41) is 3.16. The van der Waals surface area contributed by atoms with Gasteiger partial charge in [0.2, 0.25) is 0 Å². The minimum Gasteiger partial charge on any atom is -0.385 e. The van der Waals surface area contributed by atoms with Gasteiger partial charge in [-0.3, -0.25) is 0 Å². The van der Waals surface area contributed by atoms with Crippen molar-refractivity contribution < 1.29 is 4.74 Å². The van der Waals surface area contributed by atoms with Gasteiger partial charge in [0.05, 0.1) is 9.26 Å². The number of anilines is 1. The Hall–Kier alpha value is -0.430. The van der Waals surface area contributed by atoms with Gasteiger partial charge in [-0.15, -0.1) is 0 Å². The van der Waals surface area contributed by atoms with E-state index >= 15 is 0 Å². The number of nitrogens with zero attached hydrogens (tertiary/aromatic N) is 2. The van der Waals surface area contributed by atoms with Crippen LogP contribution in [-0.2, 0) is 11.2 Å². The van der Waals surface area contributed by atoms with Crippen LogP contribution in [0.3, 0.4) is 0 Å². The molecule has 1 saturated carbocycles. The van der Waals surface area contributed by atoms with Crippen molar-refractivity contribution in [3.63, 3.8) is 0 Å². The number of hydrogen-bond acceptors (Lipinski definition) is 4. The molecular weight excluding hydrogens is 329 g/mol. The Bertz CT molecular complexity index is 394. The van der Waals surface area contributed by atoms with E-state index in [1.807, 2.05) is 7.05 Å². The van der Waals surface area contributed by atoms with E-state index in [-0.39, 0.29) is 0 Å². The first kappa shape index (κ1) is 13.0. The van der Waals surface area contributed by atoms with Gasteiger partial charge in [-0.1, -0.05) is 0 Å². The smallest absolute Gasteiger partial charge is 0.143 e. The molecule has 5 heteroatoms. The number of halogens is 1. The number of methoxy groups -OCH3 is 1. The summed E-state index contributed by atoms with van der Waals surface area (Å²) in [5.74, 6) is 2.57. The lowest BCUT2D eigenvalue weighted by Gasteiger charge is -2.10. The molecule has 17 heavy (non-hydrogen) atoms. The summed E-state index contributed by atoms with van der Waals surface area (Å²) in [6.07, 6.45) is 4.41. The molecule has 1 aromatic rings. The molecule has 0 radical (unpaired) electrons. The Morgan fingerprint density at radius 3 is 2.76 bits per heavy atom. The average molecular weight is 347 g/mol. The van der Waals surface area contributed by atoms with Crippen LogP contribution in [0.2, 0.25) is 0 Å². The Kier molecular flexibility index (Phi) is 4.55. The second-order valence-electron chi connectivity index (χ2n) is 4.31. The zero-order valence-corrected chi connectivity index (χ0v) is 12.5. The summed E-state index contributed by atoms with van der Waals surface area (Å²) in [7, 11) is 3.64. The summed E-state index contributed by atoms with van der Waals surface area (Å²) in [6.45, 7) is 0.767. The molecule has 1 aromatic heterocycles. The molecule has 1 fully saturated rings. The van der Waals surface area contributed by atoms with Crippen molar-refractivity contribution in [2.75, 3.05) is 26.1 Å². The van der Waals surface area contributed by atoms with Crippen LogP contribution in [0.15, 0.2) is 0 Å². The van der Waals surface area contributed by atoms with E-state index in [1.165, 1.54) is 22.1 Å². The molecule has 4 nitrogen and oxygen atoms in total. The van der Waals surface area contributed by atoms with Crippen LogP contribution in [0, 0.1) is 3.57 Å². The molecule has 0 aliphatic heterocycles. The van der Waals surface area contributed by atoms with E-state index in [2.05, 4.69) is 32.9 Å². The Labute approximate surface area is 116 Å². The molecule has 94 valence electrons. The van der Waals surface area contributed by atoms with Crippen molar-refractivity contribution in [3.8, 4) is 0 Å². The van der Waals surface area contributed by atoms with Gasteiger partial charge in [0.15, 0.2) is 0 Å². The molecular formula is C12H18IN3O. The quantitative estimate of drug-likeness (QED) is 0.635. The summed E-state index contributed by atoms with van der Waals surface area (Å²) in [6, 6.07) is 0. The molecule has 1 heterocycles. The van der Waals surface area contributed by atoms with E-state index in [0.717, 1.165) is 31.1 Å². The first-order chi connectivity index (χ1) is 8.26. The first-order valence-corrected chi connectivity index (χ1v) is 7.07. The predicted molar refractivity (Wildman–Crippen MR) is 76.5 cm³/mol.